The topological polar surface area (TPSA) is 249 Å². The number of hydrogen-bond donors (Lipinski definition) is 9. The van der Waals surface area contributed by atoms with E-state index < -0.39 is 96.9 Å². The lowest BCUT2D eigenvalue weighted by molar-refractivity contribution is -0.342. The number of aliphatic hydroxyl groups excluding tert-OH is 7. The highest BCUT2D eigenvalue weighted by Crippen LogP contribution is 2.45. The summed E-state index contributed by atoms with van der Waals surface area (Å²) in [5.41, 5.74) is -0.890. The molecule has 2 fully saturated rings. The number of aromatic hydroxyl groups is 2. The Morgan fingerprint density at radius 1 is 0.814 bits per heavy atom. The van der Waals surface area contributed by atoms with E-state index in [9.17, 15) is 50.8 Å². The van der Waals surface area contributed by atoms with Crippen LogP contribution in [0.15, 0.2) is 45.6 Å². The first-order valence-corrected chi connectivity index (χ1v) is 13.3. The van der Waals surface area contributed by atoms with Gasteiger partial charge in [0, 0.05) is 17.7 Å². The number of rotatable bonds is 7. The maximum absolute atomic E-state index is 13.2. The lowest BCUT2D eigenvalue weighted by Crippen LogP contribution is -2.63. The highest BCUT2D eigenvalue weighted by atomic mass is 16.7. The van der Waals surface area contributed by atoms with Gasteiger partial charge in [0.15, 0.2) is 11.7 Å². The highest BCUT2D eigenvalue weighted by Gasteiger charge is 2.51. The van der Waals surface area contributed by atoms with Gasteiger partial charge in [-0.2, -0.15) is 0 Å². The van der Waals surface area contributed by atoms with E-state index in [0.717, 1.165) is 12.1 Å². The molecule has 3 heterocycles. The second-order valence-corrected chi connectivity index (χ2v) is 10.3. The fourth-order valence-corrected chi connectivity index (χ4v) is 5.30. The van der Waals surface area contributed by atoms with Crippen LogP contribution in [0.5, 0.6) is 17.2 Å². The van der Waals surface area contributed by atoms with E-state index in [1.54, 1.807) is 24.3 Å². The minimum absolute atomic E-state index is 0.122. The van der Waals surface area contributed by atoms with Crippen molar-refractivity contribution >= 4 is 11.0 Å². The van der Waals surface area contributed by atoms with Crippen molar-refractivity contribution < 1.29 is 69.3 Å². The highest BCUT2D eigenvalue weighted by molar-refractivity contribution is 5.88. The van der Waals surface area contributed by atoms with Crippen molar-refractivity contribution in [3.63, 3.8) is 0 Å². The number of methoxy groups -OCH3 is 1. The van der Waals surface area contributed by atoms with Gasteiger partial charge in [0.2, 0.25) is 0 Å². The molecule has 9 N–H and O–H groups in total. The molecule has 43 heavy (non-hydrogen) atoms. The van der Waals surface area contributed by atoms with Gasteiger partial charge < -0.3 is 69.3 Å². The van der Waals surface area contributed by atoms with Crippen LogP contribution in [0.2, 0.25) is 0 Å². The molecule has 10 atom stereocenters. The molecule has 2 aliphatic rings. The summed E-state index contributed by atoms with van der Waals surface area (Å²) in [5.74, 6) is -0.799. The number of fused-ring (bicyclic) bond motifs is 1. The third-order valence-electron chi connectivity index (χ3n) is 7.68. The largest absolute Gasteiger partial charge is 0.507 e. The number of phenolic OH excluding ortho intramolecular Hbond substituents is 2. The fraction of sp³-hybridized carbons (Fsp3) is 0.464. The second kappa shape index (κ2) is 12.3. The summed E-state index contributed by atoms with van der Waals surface area (Å²) in [4.78, 5) is 13.2. The molecule has 0 aliphatic carbocycles. The Hall–Kier alpha value is -3.35. The number of phenols is 2. The second-order valence-electron chi connectivity index (χ2n) is 10.3. The lowest BCUT2D eigenvalue weighted by atomic mass is 9.89. The Bertz CT molecular complexity index is 1490. The predicted octanol–water partition coefficient (Wildman–Crippen LogP) is -1.78. The number of benzene rings is 2. The van der Waals surface area contributed by atoms with Gasteiger partial charge >= 0.3 is 0 Å². The number of ether oxygens (including phenoxy) is 4. The third-order valence-corrected chi connectivity index (χ3v) is 7.68. The van der Waals surface area contributed by atoms with Crippen molar-refractivity contribution in [3.8, 4) is 28.6 Å². The zero-order valence-electron chi connectivity index (χ0n) is 22.6. The Morgan fingerprint density at radius 3 is 2.09 bits per heavy atom. The van der Waals surface area contributed by atoms with E-state index in [0.29, 0.717) is 11.3 Å². The van der Waals surface area contributed by atoms with Gasteiger partial charge in [0.25, 0.3) is 0 Å². The van der Waals surface area contributed by atoms with Crippen molar-refractivity contribution in [1.82, 2.24) is 0 Å². The third kappa shape index (κ3) is 5.56. The van der Waals surface area contributed by atoms with E-state index in [1.165, 1.54) is 7.11 Å². The van der Waals surface area contributed by atoms with Crippen LogP contribution in [0.4, 0.5) is 0 Å². The molecule has 3 aromatic rings. The molecular formula is C28H32O15. The van der Waals surface area contributed by atoms with Gasteiger partial charge in [-0.1, -0.05) is 0 Å². The van der Waals surface area contributed by atoms with E-state index in [1.807, 2.05) is 0 Å². The average molecular weight is 609 g/mol. The molecule has 0 amide bonds. The van der Waals surface area contributed by atoms with Gasteiger partial charge in [0.1, 0.15) is 88.9 Å². The standard InChI is InChI=1S/C28H32O15/c1-39-11-4-2-10(3-5-11)14-6-12(31)18-15(40-14)7-13(32)19(22(18)35)26-25(38)27(21(34)17(9-30)41-26)43-28-24(37)23(36)20(33)16(8-29)42-28/h2-7,16-17,20-21,23-30,32-38H,8-9H2,1H3. The minimum Gasteiger partial charge on any atom is -0.507 e. The Labute approximate surface area is 242 Å². The monoisotopic (exact) mass is 608 g/mol. The number of hydrogen-bond acceptors (Lipinski definition) is 15. The summed E-state index contributed by atoms with van der Waals surface area (Å²) in [5, 5.41) is 93.6. The Balaban J connectivity index is 1.51. The lowest BCUT2D eigenvalue weighted by Gasteiger charge is -2.46. The fourth-order valence-electron chi connectivity index (χ4n) is 5.30. The SMILES string of the molecule is COc1ccc(-c2cc(=O)c3c(O)c(C4OC(CO)C(O)C(OC5OC(CO)C(O)C(O)C5O)C4O)c(O)cc3o2)cc1. The van der Waals surface area contributed by atoms with Gasteiger partial charge in [-0.3, -0.25) is 4.79 Å². The van der Waals surface area contributed by atoms with Crippen molar-refractivity contribution in [2.24, 2.45) is 0 Å². The molecule has 2 saturated heterocycles. The molecule has 5 rings (SSSR count). The average Bonchev–Trinajstić information content (AvgIpc) is 2.99. The molecule has 15 heteroatoms. The van der Waals surface area contributed by atoms with Crippen molar-refractivity contribution in [3.05, 3.63) is 52.2 Å². The molecule has 0 saturated carbocycles. The molecule has 10 unspecified atom stereocenters. The summed E-state index contributed by atoms with van der Waals surface area (Å²) in [6, 6.07) is 8.72. The molecule has 15 nitrogen and oxygen atoms in total. The maximum Gasteiger partial charge on any atom is 0.197 e. The van der Waals surface area contributed by atoms with Crippen LogP contribution in [-0.2, 0) is 14.2 Å². The summed E-state index contributed by atoms with van der Waals surface area (Å²) in [7, 11) is 1.49. The summed E-state index contributed by atoms with van der Waals surface area (Å²) in [6.45, 7) is -1.60. The smallest absolute Gasteiger partial charge is 0.197 e. The Morgan fingerprint density at radius 2 is 1.47 bits per heavy atom. The van der Waals surface area contributed by atoms with E-state index in [-0.39, 0.29) is 16.7 Å². The van der Waals surface area contributed by atoms with Crippen LogP contribution in [0.1, 0.15) is 11.7 Å². The quantitative estimate of drug-likeness (QED) is 0.144. The molecular weight excluding hydrogens is 576 g/mol. The van der Waals surface area contributed by atoms with Crippen molar-refractivity contribution in [2.75, 3.05) is 20.3 Å². The van der Waals surface area contributed by atoms with Gasteiger partial charge in [0.05, 0.1) is 25.9 Å². The molecule has 2 aliphatic heterocycles. The molecule has 0 spiro atoms. The van der Waals surface area contributed by atoms with Crippen LogP contribution in [0, 0.1) is 0 Å². The van der Waals surface area contributed by atoms with Gasteiger partial charge in [-0.05, 0) is 24.3 Å². The van der Waals surface area contributed by atoms with Crippen molar-refractivity contribution in [1.29, 1.82) is 0 Å². The van der Waals surface area contributed by atoms with Gasteiger partial charge in [-0.15, -0.1) is 0 Å². The first-order chi connectivity index (χ1) is 20.5. The first kappa shape index (κ1) is 31.1. The molecule has 1 aromatic heterocycles. The normalized spacial score (nSPS) is 33.0. The zero-order valence-corrected chi connectivity index (χ0v) is 22.6. The van der Waals surface area contributed by atoms with Crippen LogP contribution < -0.4 is 10.2 Å². The zero-order chi connectivity index (χ0) is 31.2. The van der Waals surface area contributed by atoms with E-state index in [4.69, 9.17) is 23.4 Å². The summed E-state index contributed by atoms with van der Waals surface area (Å²) in [6.07, 6.45) is -17.2. The molecule has 0 radical (unpaired) electrons. The van der Waals surface area contributed by atoms with Crippen LogP contribution in [0.25, 0.3) is 22.3 Å². The summed E-state index contributed by atoms with van der Waals surface area (Å²) < 4.78 is 27.4. The van der Waals surface area contributed by atoms with E-state index in [2.05, 4.69) is 0 Å². The van der Waals surface area contributed by atoms with Crippen LogP contribution in [-0.4, -0.2) is 121 Å². The molecule has 234 valence electrons. The Kier molecular flexibility index (Phi) is 8.92. The van der Waals surface area contributed by atoms with Crippen molar-refractivity contribution in [2.45, 2.75) is 61.2 Å². The molecule has 0 bridgehead atoms. The maximum atomic E-state index is 13.2. The summed E-state index contributed by atoms with van der Waals surface area (Å²) >= 11 is 0. The van der Waals surface area contributed by atoms with Crippen LogP contribution in [0.3, 0.4) is 0 Å². The number of aliphatic hydroxyl groups is 7. The first-order valence-electron chi connectivity index (χ1n) is 13.3. The van der Waals surface area contributed by atoms with E-state index >= 15 is 0 Å². The van der Waals surface area contributed by atoms with Crippen LogP contribution >= 0.6 is 0 Å². The van der Waals surface area contributed by atoms with Gasteiger partial charge in [-0.25, -0.2) is 0 Å². The minimum atomic E-state index is -1.94. The molecule has 2 aromatic carbocycles. The predicted molar refractivity (Wildman–Crippen MR) is 143 cm³/mol.